The van der Waals surface area contributed by atoms with Crippen molar-refractivity contribution in [2.45, 2.75) is 18.4 Å². The summed E-state index contributed by atoms with van der Waals surface area (Å²) in [7, 11) is 1.87. The topological polar surface area (TPSA) is 96.2 Å². The van der Waals surface area contributed by atoms with Crippen molar-refractivity contribution in [2.75, 3.05) is 13.2 Å². The summed E-state index contributed by atoms with van der Waals surface area (Å²) >= 11 is 1.46. The molecule has 2 atom stereocenters. The van der Waals surface area contributed by atoms with Gasteiger partial charge in [0.15, 0.2) is 5.82 Å². The van der Waals surface area contributed by atoms with Gasteiger partial charge in [0.05, 0.1) is 18.8 Å². The number of nitrogens with zero attached hydrogens (tertiary/aromatic N) is 6. The maximum atomic E-state index is 6.26. The van der Waals surface area contributed by atoms with Gasteiger partial charge in [-0.25, -0.2) is 0 Å². The number of hydrogen-bond donors (Lipinski definition) is 1. The average molecular weight is 305 g/mol. The molecule has 0 amide bonds. The standard InChI is InChI=1S/C12H15N7OS/c1-18-5-8(4-14-18)9(13)11-17-19-10(7-2-3-20-6-7)15-16-12(19)21-11/h4-5,7,9H,2-3,6,13H2,1H3. The predicted molar refractivity (Wildman–Crippen MR) is 76.1 cm³/mol. The molecule has 0 aromatic carbocycles. The third kappa shape index (κ3) is 2.13. The maximum Gasteiger partial charge on any atom is 0.234 e. The van der Waals surface area contributed by atoms with E-state index < -0.39 is 0 Å². The summed E-state index contributed by atoms with van der Waals surface area (Å²) in [5.41, 5.74) is 7.20. The molecule has 0 aliphatic carbocycles. The van der Waals surface area contributed by atoms with Gasteiger partial charge in [-0.2, -0.15) is 14.7 Å². The van der Waals surface area contributed by atoms with Crippen LogP contribution in [0.25, 0.3) is 4.96 Å². The largest absolute Gasteiger partial charge is 0.381 e. The van der Waals surface area contributed by atoms with Crippen molar-refractivity contribution in [3.63, 3.8) is 0 Å². The van der Waals surface area contributed by atoms with Gasteiger partial charge >= 0.3 is 0 Å². The van der Waals surface area contributed by atoms with Crippen LogP contribution in [-0.2, 0) is 11.8 Å². The molecule has 0 spiro atoms. The lowest BCUT2D eigenvalue weighted by Crippen LogP contribution is -2.12. The number of ether oxygens (including phenoxy) is 1. The van der Waals surface area contributed by atoms with Gasteiger partial charge in [-0.15, -0.1) is 10.2 Å². The van der Waals surface area contributed by atoms with Gasteiger partial charge in [-0.3, -0.25) is 4.68 Å². The molecular formula is C12H15N7OS. The van der Waals surface area contributed by atoms with Gasteiger partial charge < -0.3 is 10.5 Å². The second-order valence-corrected chi connectivity index (χ2v) is 6.17. The predicted octanol–water partition coefficient (Wildman–Crippen LogP) is 0.471. The minimum Gasteiger partial charge on any atom is -0.381 e. The van der Waals surface area contributed by atoms with Crippen LogP contribution in [0.2, 0.25) is 0 Å². The van der Waals surface area contributed by atoms with Crippen molar-refractivity contribution in [3.05, 3.63) is 28.8 Å². The monoisotopic (exact) mass is 305 g/mol. The van der Waals surface area contributed by atoms with E-state index in [1.807, 2.05) is 13.2 Å². The van der Waals surface area contributed by atoms with Crippen LogP contribution in [0.1, 0.15) is 34.8 Å². The summed E-state index contributed by atoms with van der Waals surface area (Å²) < 4.78 is 8.95. The van der Waals surface area contributed by atoms with E-state index in [1.54, 1.807) is 15.4 Å². The molecule has 0 radical (unpaired) electrons. The van der Waals surface area contributed by atoms with Crippen LogP contribution >= 0.6 is 11.3 Å². The molecule has 1 aliphatic heterocycles. The van der Waals surface area contributed by atoms with Gasteiger partial charge in [0, 0.05) is 31.3 Å². The third-order valence-corrected chi connectivity index (χ3v) is 4.66. The van der Waals surface area contributed by atoms with Crippen molar-refractivity contribution in [1.82, 2.24) is 29.6 Å². The van der Waals surface area contributed by atoms with Crippen LogP contribution in [0.15, 0.2) is 12.4 Å². The van der Waals surface area contributed by atoms with E-state index in [-0.39, 0.29) is 12.0 Å². The van der Waals surface area contributed by atoms with Crippen molar-refractivity contribution in [1.29, 1.82) is 0 Å². The van der Waals surface area contributed by atoms with Crippen molar-refractivity contribution in [3.8, 4) is 0 Å². The van der Waals surface area contributed by atoms with Gasteiger partial charge in [0.2, 0.25) is 4.96 Å². The molecule has 4 heterocycles. The molecule has 110 valence electrons. The van der Waals surface area contributed by atoms with Gasteiger partial charge in [0.1, 0.15) is 5.01 Å². The number of fused-ring (bicyclic) bond motifs is 1. The fourth-order valence-corrected chi connectivity index (χ4v) is 3.38. The fraction of sp³-hybridized carbons (Fsp3) is 0.500. The van der Waals surface area contributed by atoms with E-state index in [2.05, 4.69) is 20.4 Å². The minimum absolute atomic E-state index is 0.268. The molecule has 21 heavy (non-hydrogen) atoms. The second kappa shape index (κ2) is 4.86. The Morgan fingerprint density at radius 3 is 3.10 bits per heavy atom. The van der Waals surface area contributed by atoms with Gasteiger partial charge in [0.25, 0.3) is 0 Å². The lowest BCUT2D eigenvalue weighted by Gasteiger charge is -2.04. The molecule has 8 nitrogen and oxygen atoms in total. The van der Waals surface area contributed by atoms with Crippen molar-refractivity contribution < 1.29 is 4.74 Å². The van der Waals surface area contributed by atoms with E-state index in [9.17, 15) is 0 Å². The van der Waals surface area contributed by atoms with Gasteiger partial charge in [-0.05, 0) is 6.42 Å². The summed E-state index contributed by atoms with van der Waals surface area (Å²) in [5, 5.41) is 18.0. The second-order valence-electron chi connectivity index (χ2n) is 5.18. The molecule has 1 saturated heterocycles. The Bertz CT molecular complexity index is 770. The van der Waals surface area contributed by atoms with Crippen molar-refractivity contribution in [2.24, 2.45) is 12.8 Å². The third-order valence-electron chi connectivity index (χ3n) is 3.68. The molecule has 1 aliphatic rings. The van der Waals surface area contributed by atoms with Crippen LogP contribution in [0.5, 0.6) is 0 Å². The SMILES string of the molecule is Cn1cc(C(N)c2nn3c(C4CCOC4)nnc3s2)cn1. The van der Waals surface area contributed by atoms with Crippen LogP contribution < -0.4 is 5.73 Å². The highest BCUT2D eigenvalue weighted by molar-refractivity contribution is 7.16. The molecule has 0 saturated carbocycles. The molecule has 2 unspecified atom stereocenters. The summed E-state index contributed by atoms with van der Waals surface area (Å²) in [4.78, 5) is 0.770. The van der Waals surface area contributed by atoms with Crippen LogP contribution in [-0.4, -0.2) is 42.8 Å². The number of hydrogen-bond acceptors (Lipinski definition) is 7. The van der Waals surface area contributed by atoms with E-state index in [0.29, 0.717) is 6.61 Å². The molecular weight excluding hydrogens is 290 g/mol. The Kier molecular flexibility index (Phi) is 2.98. The molecule has 9 heteroatoms. The van der Waals surface area contributed by atoms with Crippen LogP contribution in [0.3, 0.4) is 0 Å². The summed E-state index contributed by atoms with van der Waals surface area (Å²) in [6, 6.07) is -0.293. The quantitative estimate of drug-likeness (QED) is 0.755. The Hall–Kier alpha value is -1.84. The Balaban J connectivity index is 1.70. The molecule has 2 N–H and O–H groups in total. The number of nitrogens with two attached hydrogens (primary N) is 1. The van der Waals surface area contributed by atoms with E-state index in [1.165, 1.54) is 11.3 Å². The Morgan fingerprint density at radius 1 is 1.48 bits per heavy atom. The molecule has 4 rings (SSSR count). The highest BCUT2D eigenvalue weighted by atomic mass is 32.1. The molecule has 3 aromatic rings. The Morgan fingerprint density at radius 2 is 2.38 bits per heavy atom. The van der Waals surface area contributed by atoms with Gasteiger partial charge in [-0.1, -0.05) is 11.3 Å². The zero-order valence-electron chi connectivity index (χ0n) is 11.5. The van der Waals surface area contributed by atoms with Crippen LogP contribution in [0, 0.1) is 0 Å². The van der Waals surface area contributed by atoms with Crippen molar-refractivity contribution >= 4 is 16.3 Å². The fourth-order valence-electron chi connectivity index (χ4n) is 2.51. The normalized spacial score (nSPS) is 20.4. The first-order chi connectivity index (χ1) is 10.2. The highest BCUT2D eigenvalue weighted by Gasteiger charge is 2.26. The molecule has 3 aromatic heterocycles. The van der Waals surface area contributed by atoms with E-state index in [4.69, 9.17) is 10.5 Å². The van der Waals surface area contributed by atoms with Crippen LogP contribution in [0.4, 0.5) is 0 Å². The number of aryl methyl sites for hydroxylation is 1. The lowest BCUT2D eigenvalue weighted by molar-refractivity contribution is 0.193. The summed E-state index contributed by atoms with van der Waals surface area (Å²) in [6.45, 7) is 1.45. The zero-order chi connectivity index (χ0) is 14.4. The lowest BCUT2D eigenvalue weighted by atomic mass is 10.1. The summed E-state index contributed by atoms with van der Waals surface area (Å²) in [6.07, 6.45) is 4.62. The smallest absolute Gasteiger partial charge is 0.234 e. The zero-order valence-corrected chi connectivity index (χ0v) is 12.3. The first-order valence-electron chi connectivity index (χ1n) is 6.76. The highest BCUT2D eigenvalue weighted by Crippen LogP contribution is 2.28. The first-order valence-corrected chi connectivity index (χ1v) is 7.58. The van der Waals surface area contributed by atoms with E-state index >= 15 is 0 Å². The van der Waals surface area contributed by atoms with E-state index in [0.717, 1.165) is 34.4 Å². The minimum atomic E-state index is -0.293. The molecule has 1 fully saturated rings. The number of aromatic nitrogens is 6. The number of rotatable bonds is 3. The Labute approximate surface area is 124 Å². The average Bonchev–Trinajstić information content (AvgIpc) is 3.21. The molecule has 0 bridgehead atoms. The first kappa shape index (κ1) is 12.9. The maximum absolute atomic E-state index is 6.26. The summed E-state index contributed by atoms with van der Waals surface area (Å²) in [5.74, 6) is 1.13.